The second-order valence-electron chi connectivity index (χ2n) is 7.70. The van der Waals surface area contributed by atoms with E-state index in [1.807, 2.05) is 38.1 Å². The van der Waals surface area contributed by atoms with Crippen molar-refractivity contribution in [2.24, 2.45) is 11.7 Å². The number of allylic oxidation sites excluding steroid dienone is 4. The fourth-order valence-corrected chi connectivity index (χ4v) is 4.11. The van der Waals surface area contributed by atoms with Gasteiger partial charge in [0.25, 0.3) is 0 Å². The van der Waals surface area contributed by atoms with Crippen LogP contribution in [0.4, 0.5) is 0 Å². The van der Waals surface area contributed by atoms with Gasteiger partial charge < -0.3 is 21.0 Å². The van der Waals surface area contributed by atoms with Crippen LogP contribution in [0.2, 0.25) is 0 Å². The van der Waals surface area contributed by atoms with Crippen molar-refractivity contribution in [2.75, 3.05) is 6.54 Å². The average molecular weight is 451 g/mol. The lowest BCUT2D eigenvalue weighted by molar-refractivity contribution is 0.483. The molecule has 0 spiro atoms. The molecule has 1 aliphatic carbocycles. The van der Waals surface area contributed by atoms with Crippen molar-refractivity contribution in [3.8, 4) is 6.07 Å². The van der Waals surface area contributed by atoms with Crippen LogP contribution in [0, 0.1) is 22.7 Å². The maximum absolute atomic E-state index is 8.43. The molecule has 4 rings (SSSR count). The summed E-state index contributed by atoms with van der Waals surface area (Å²) in [6.07, 6.45) is 11.6. The van der Waals surface area contributed by atoms with Crippen molar-refractivity contribution < 1.29 is 0 Å². The Balaban J connectivity index is 0.000000277. The van der Waals surface area contributed by atoms with E-state index in [1.54, 1.807) is 0 Å². The van der Waals surface area contributed by atoms with E-state index >= 15 is 0 Å². The van der Waals surface area contributed by atoms with Crippen LogP contribution in [0.1, 0.15) is 45.7 Å². The Morgan fingerprint density at radius 1 is 1.41 bits per heavy atom. The number of thiol groups is 1. The van der Waals surface area contributed by atoms with E-state index in [0.29, 0.717) is 17.5 Å². The summed E-state index contributed by atoms with van der Waals surface area (Å²) in [5.74, 6) is 0.677. The lowest BCUT2D eigenvalue weighted by atomic mass is 10.1. The molecule has 2 atom stereocenters. The zero-order valence-corrected chi connectivity index (χ0v) is 20.1. The number of aromatic nitrogens is 2. The second kappa shape index (κ2) is 12.9. The van der Waals surface area contributed by atoms with E-state index in [2.05, 4.69) is 52.8 Å². The summed E-state index contributed by atoms with van der Waals surface area (Å²) in [4.78, 5) is 5.51. The molecule has 3 heterocycles. The normalized spacial score (nSPS) is 20.2. The van der Waals surface area contributed by atoms with Gasteiger partial charge in [0.15, 0.2) is 0 Å². The minimum absolute atomic E-state index is 0.617. The van der Waals surface area contributed by atoms with E-state index in [-0.39, 0.29) is 0 Å². The smallest absolute Gasteiger partial charge is 0.0947 e. The van der Waals surface area contributed by atoms with Gasteiger partial charge >= 0.3 is 0 Å². The summed E-state index contributed by atoms with van der Waals surface area (Å²) < 4.78 is 2.27. The molecule has 2 aliphatic rings. The Morgan fingerprint density at radius 3 is 2.75 bits per heavy atom. The van der Waals surface area contributed by atoms with Gasteiger partial charge in [-0.05, 0) is 62.9 Å². The van der Waals surface area contributed by atoms with Gasteiger partial charge in [0, 0.05) is 47.2 Å². The molecule has 6 nitrogen and oxygen atoms in total. The van der Waals surface area contributed by atoms with Crippen LogP contribution in [0.15, 0.2) is 53.2 Å². The van der Waals surface area contributed by atoms with Crippen LogP contribution < -0.4 is 11.1 Å². The van der Waals surface area contributed by atoms with Crippen LogP contribution in [0.5, 0.6) is 0 Å². The first-order valence-electron chi connectivity index (χ1n) is 11.2. The van der Waals surface area contributed by atoms with Crippen LogP contribution >= 0.6 is 12.6 Å². The third kappa shape index (κ3) is 6.84. The van der Waals surface area contributed by atoms with E-state index in [1.165, 1.54) is 18.8 Å². The van der Waals surface area contributed by atoms with E-state index in [9.17, 15) is 0 Å². The number of nitrogens with one attached hydrogen (secondary N) is 2. The molecule has 2 unspecified atom stereocenters. The predicted octanol–water partition coefficient (Wildman–Crippen LogP) is 5.05. The maximum atomic E-state index is 8.43. The molecule has 0 radical (unpaired) electrons. The minimum Gasteiger partial charge on any atom is -0.404 e. The maximum Gasteiger partial charge on any atom is 0.0947 e. The molecule has 32 heavy (non-hydrogen) atoms. The summed E-state index contributed by atoms with van der Waals surface area (Å²) in [5, 5.41) is 19.3. The van der Waals surface area contributed by atoms with Gasteiger partial charge in [0.05, 0.1) is 22.8 Å². The van der Waals surface area contributed by atoms with Gasteiger partial charge in [-0.1, -0.05) is 19.9 Å². The topological polar surface area (TPSA) is 104 Å². The Labute approximate surface area is 196 Å². The number of nitrogens with two attached hydrogens (primary N) is 1. The Bertz CT molecular complexity index is 1040. The van der Waals surface area contributed by atoms with Gasteiger partial charge in [0.1, 0.15) is 0 Å². The molecular weight excluding hydrogens is 416 g/mol. The van der Waals surface area contributed by atoms with Gasteiger partial charge in [-0.2, -0.15) is 5.26 Å². The molecule has 0 amide bonds. The molecule has 2 aromatic rings. The Kier molecular flexibility index (Phi) is 10.3. The average Bonchev–Trinajstić information content (AvgIpc) is 3.42. The van der Waals surface area contributed by atoms with E-state index in [0.717, 1.165) is 53.1 Å². The third-order valence-electron chi connectivity index (χ3n) is 5.38. The number of pyridine rings is 1. The number of fused-ring (bicyclic) bond motifs is 1. The van der Waals surface area contributed by atoms with Crippen LogP contribution in [-0.2, 0) is 6.54 Å². The fraction of sp³-hybridized carbons (Fsp3) is 0.400. The van der Waals surface area contributed by atoms with Gasteiger partial charge in [-0.3, -0.25) is 0 Å². The van der Waals surface area contributed by atoms with Crippen LogP contribution in [-0.4, -0.2) is 28.4 Å². The number of nitrogens with zero attached hydrogens (tertiary/aromatic N) is 3. The fourth-order valence-electron chi connectivity index (χ4n) is 3.83. The number of hydrogen-bond donors (Lipinski definition) is 4. The molecule has 2 aromatic heterocycles. The largest absolute Gasteiger partial charge is 0.404 e. The zero-order valence-electron chi connectivity index (χ0n) is 19.2. The SMILES string of the molecule is CC.CC1CC(Cn2ccc3nc(/C(C=N)=C/N)ccc32)CN1.N#CC1=CC(S)=CCC1. The molecule has 1 saturated heterocycles. The highest BCUT2D eigenvalue weighted by atomic mass is 32.1. The highest BCUT2D eigenvalue weighted by molar-refractivity contribution is 7.84. The lowest BCUT2D eigenvalue weighted by Crippen LogP contribution is -2.17. The number of rotatable bonds is 4. The molecule has 0 aromatic carbocycles. The van der Waals surface area contributed by atoms with Crippen molar-refractivity contribution in [3.05, 3.63) is 58.9 Å². The molecule has 0 saturated carbocycles. The Morgan fingerprint density at radius 2 is 2.19 bits per heavy atom. The second-order valence-corrected chi connectivity index (χ2v) is 8.21. The summed E-state index contributed by atoms with van der Waals surface area (Å²) in [5.41, 5.74) is 9.83. The summed E-state index contributed by atoms with van der Waals surface area (Å²) in [6, 6.07) is 8.75. The number of nitriles is 1. The molecule has 170 valence electrons. The first kappa shape index (κ1) is 25.4. The highest BCUT2D eigenvalue weighted by Crippen LogP contribution is 2.22. The van der Waals surface area contributed by atoms with Crippen molar-refractivity contribution in [3.63, 3.8) is 0 Å². The third-order valence-corrected chi connectivity index (χ3v) is 5.70. The molecule has 1 fully saturated rings. The molecule has 0 bridgehead atoms. The van der Waals surface area contributed by atoms with Gasteiger partial charge in [-0.25, -0.2) is 4.98 Å². The predicted molar refractivity (Wildman–Crippen MR) is 138 cm³/mol. The standard InChI is InChI=1S/C16H21N5.C7H7NS.C2H6/c1-11-6-12(9-19-11)10-21-5-4-15-16(21)3-2-14(20-15)13(7-17)8-18;8-5-6-2-1-3-7(9)4-6;1-2/h2-5,7-8,11-12,17,19H,6,9-10,18H2,1H3;3-4,9H,1-2H2;1-2H3/b13-8+,17-7?;;. The molecule has 1 aliphatic heterocycles. The molecule has 7 heteroatoms. The number of hydrogen-bond acceptors (Lipinski definition) is 6. The first-order chi connectivity index (χ1) is 15.5. The molecular formula is C25H34N6S. The first-order valence-corrected chi connectivity index (χ1v) is 11.6. The van der Waals surface area contributed by atoms with Crippen LogP contribution in [0.3, 0.4) is 0 Å². The van der Waals surface area contributed by atoms with E-state index < -0.39 is 0 Å². The van der Waals surface area contributed by atoms with Gasteiger partial charge in [0.2, 0.25) is 0 Å². The summed E-state index contributed by atoms with van der Waals surface area (Å²) in [7, 11) is 0. The Hall–Kier alpha value is -2.82. The van der Waals surface area contributed by atoms with E-state index in [4.69, 9.17) is 16.4 Å². The molecule has 4 N–H and O–H groups in total. The van der Waals surface area contributed by atoms with Crippen molar-refractivity contribution in [1.29, 1.82) is 10.7 Å². The lowest BCUT2D eigenvalue weighted by Gasteiger charge is -2.11. The monoisotopic (exact) mass is 450 g/mol. The van der Waals surface area contributed by atoms with Crippen molar-refractivity contribution in [2.45, 2.75) is 52.6 Å². The summed E-state index contributed by atoms with van der Waals surface area (Å²) >= 11 is 4.11. The highest BCUT2D eigenvalue weighted by Gasteiger charge is 2.21. The zero-order chi connectivity index (χ0) is 23.5. The quantitative estimate of drug-likeness (QED) is 0.386. The van der Waals surface area contributed by atoms with Crippen molar-refractivity contribution in [1.82, 2.24) is 14.9 Å². The minimum atomic E-state index is 0.617. The van der Waals surface area contributed by atoms with Crippen LogP contribution in [0.25, 0.3) is 16.6 Å². The summed E-state index contributed by atoms with van der Waals surface area (Å²) in [6.45, 7) is 8.34. The van der Waals surface area contributed by atoms with Crippen molar-refractivity contribution >= 4 is 35.4 Å². The van der Waals surface area contributed by atoms with Gasteiger partial charge in [-0.15, -0.1) is 12.6 Å².